The molecule has 2 aromatic rings. The van der Waals surface area contributed by atoms with Crippen LogP contribution in [0.25, 0.3) is 11.3 Å². The molecule has 0 atom stereocenters. The van der Waals surface area contributed by atoms with Gasteiger partial charge in [-0.2, -0.15) is 0 Å². The van der Waals surface area contributed by atoms with E-state index in [2.05, 4.69) is 9.72 Å². The number of ether oxygens (including phenoxy) is 1. The number of aromatic amines is 1. The summed E-state index contributed by atoms with van der Waals surface area (Å²) in [5, 5.41) is 8.40. The zero-order valence-electron chi connectivity index (χ0n) is 8.71. The van der Waals surface area contributed by atoms with Gasteiger partial charge in [0.25, 0.3) is 5.56 Å². The van der Waals surface area contributed by atoms with E-state index in [0.717, 1.165) is 5.56 Å². The van der Waals surface area contributed by atoms with Crippen molar-refractivity contribution in [3.63, 3.8) is 0 Å². The maximum absolute atomic E-state index is 11.5. The number of H-pyrrole nitrogens is 1. The molecule has 86 valence electrons. The number of aromatic nitrogens is 1. The van der Waals surface area contributed by atoms with Crippen molar-refractivity contribution in [3.05, 3.63) is 52.8 Å². The molecule has 0 amide bonds. The molecule has 0 aliphatic heterocycles. The lowest BCUT2D eigenvalue weighted by atomic mass is 10.1. The first-order valence-electron chi connectivity index (χ1n) is 4.86. The lowest BCUT2D eigenvalue weighted by Gasteiger charge is -2.02. The largest absolute Gasteiger partial charge is 0.511 e. The van der Waals surface area contributed by atoms with E-state index in [4.69, 9.17) is 5.11 Å². The van der Waals surface area contributed by atoms with E-state index in [-0.39, 0.29) is 5.75 Å². The zero-order valence-corrected chi connectivity index (χ0v) is 8.71. The molecule has 5 heteroatoms. The van der Waals surface area contributed by atoms with Crippen LogP contribution >= 0.6 is 0 Å². The fourth-order valence-electron chi connectivity index (χ4n) is 1.42. The third kappa shape index (κ3) is 2.52. The van der Waals surface area contributed by atoms with Gasteiger partial charge in [0.1, 0.15) is 0 Å². The summed E-state index contributed by atoms with van der Waals surface area (Å²) in [6, 6.07) is 12.1. The second-order valence-corrected chi connectivity index (χ2v) is 3.30. The second-order valence-electron chi connectivity index (χ2n) is 3.30. The number of rotatable bonds is 2. The van der Waals surface area contributed by atoms with Gasteiger partial charge in [-0.1, -0.05) is 30.3 Å². The Balaban J connectivity index is 2.38. The molecule has 0 saturated carbocycles. The molecule has 2 N–H and O–H groups in total. The van der Waals surface area contributed by atoms with Crippen LogP contribution in [0, 0.1) is 0 Å². The Morgan fingerprint density at radius 1 is 1.12 bits per heavy atom. The summed E-state index contributed by atoms with van der Waals surface area (Å²) < 4.78 is 4.31. The molecule has 0 spiro atoms. The van der Waals surface area contributed by atoms with Gasteiger partial charge in [0.2, 0.25) is 0 Å². The van der Waals surface area contributed by atoms with Gasteiger partial charge in [-0.25, -0.2) is 4.79 Å². The van der Waals surface area contributed by atoms with Crippen molar-refractivity contribution in [1.82, 2.24) is 4.98 Å². The van der Waals surface area contributed by atoms with Crippen LogP contribution in [-0.4, -0.2) is 16.2 Å². The number of nitrogens with one attached hydrogen (secondary N) is 1. The molecule has 17 heavy (non-hydrogen) atoms. The third-order valence-electron chi connectivity index (χ3n) is 2.16. The van der Waals surface area contributed by atoms with Gasteiger partial charge < -0.3 is 14.8 Å². The van der Waals surface area contributed by atoms with E-state index in [1.54, 1.807) is 6.07 Å². The van der Waals surface area contributed by atoms with Gasteiger partial charge in [0.15, 0.2) is 5.75 Å². The average molecular weight is 231 g/mol. The van der Waals surface area contributed by atoms with Crippen LogP contribution in [0.1, 0.15) is 0 Å². The zero-order chi connectivity index (χ0) is 12.3. The SMILES string of the molecule is O=C(O)Oc1ccc(-c2ccccc2)[nH]c1=O. The number of carbonyl (C=O) groups is 1. The molecule has 0 bridgehead atoms. The average Bonchev–Trinajstić information content (AvgIpc) is 2.32. The van der Waals surface area contributed by atoms with Crippen LogP contribution in [-0.2, 0) is 0 Å². The number of hydrogen-bond donors (Lipinski definition) is 2. The summed E-state index contributed by atoms with van der Waals surface area (Å²) in [6.45, 7) is 0. The predicted molar refractivity (Wildman–Crippen MR) is 61.2 cm³/mol. The minimum atomic E-state index is -1.51. The molecule has 1 aromatic heterocycles. The minimum absolute atomic E-state index is 0.239. The third-order valence-corrected chi connectivity index (χ3v) is 2.16. The van der Waals surface area contributed by atoms with Gasteiger partial charge in [0, 0.05) is 5.69 Å². The number of hydrogen-bond acceptors (Lipinski definition) is 3. The van der Waals surface area contributed by atoms with Crippen molar-refractivity contribution in [3.8, 4) is 17.0 Å². The molecule has 0 unspecified atom stereocenters. The van der Waals surface area contributed by atoms with E-state index in [1.165, 1.54) is 6.07 Å². The van der Waals surface area contributed by atoms with Crippen LogP contribution < -0.4 is 10.3 Å². The monoisotopic (exact) mass is 231 g/mol. The van der Waals surface area contributed by atoms with Crippen LogP contribution in [0.5, 0.6) is 5.75 Å². The van der Waals surface area contributed by atoms with E-state index in [9.17, 15) is 9.59 Å². The van der Waals surface area contributed by atoms with Crippen LogP contribution in [0.2, 0.25) is 0 Å². The Hall–Kier alpha value is -2.56. The van der Waals surface area contributed by atoms with Gasteiger partial charge in [-0.05, 0) is 17.7 Å². The Labute approximate surface area is 96.3 Å². The quantitative estimate of drug-likeness (QED) is 0.775. The fraction of sp³-hybridized carbons (Fsp3) is 0. The molecule has 1 aromatic carbocycles. The van der Waals surface area contributed by atoms with Crippen molar-refractivity contribution in [1.29, 1.82) is 0 Å². The second kappa shape index (κ2) is 4.52. The molecule has 0 radical (unpaired) electrons. The number of benzene rings is 1. The van der Waals surface area contributed by atoms with Crippen molar-refractivity contribution in [2.75, 3.05) is 0 Å². The Bertz CT molecular complexity index is 589. The minimum Gasteiger partial charge on any atom is -0.449 e. The molecule has 5 nitrogen and oxygen atoms in total. The van der Waals surface area contributed by atoms with Gasteiger partial charge in [0.05, 0.1) is 0 Å². The molecule has 1 heterocycles. The van der Waals surface area contributed by atoms with E-state index in [0.29, 0.717) is 5.69 Å². The first-order chi connectivity index (χ1) is 8.16. The van der Waals surface area contributed by atoms with Gasteiger partial charge in [-0.15, -0.1) is 0 Å². The number of pyridine rings is 1. The topological polar surface area (TPSA) is 79.4 Å². The predicted octanol–water partition coefficient (Wildman–Crippen LogP) is 2.10. The first-order valence-corrected chi connectivity index (χ1v) is 4.86. The van der Waals surface area contributed by atoms with E-state index >= 15 is 0 Å². The summed E-state index contributed by atoms with van der Waals surface area (Å²) in [7, 11) is 0. The Morgan fingerprint density at radius 3 is 2.41 bits per heavy atom. The fourth-order valence-corrected chi connectivity index (χ4v) is 1.42. The molecule has 2 rings (SSSR count). The summed E-state index contributed by atoms with van der Waals surface area (Å²) in [6.07, 6.45) is -1.51. The van der Waals surface area contributed by atoms with Crippen molar-refractivity contribution in [2.24, 2.45) is 0 Å². The highest BCUT2D eigenvalue weighted by Crippen LogP contribution is 2.16. The van der Waals surface area contributed by atoms with Crippen LogP contribution in [0.3, 0.4) is 0 Å². The molecule has 0 fully saturated rings. The van der Waals surface area contributed by atoms with E-state index in [1.807, 2.05) is 30.3 Å². The van der Waals surface area contributed by atoms with Crippen molar-refractivity contribution in [2.45, 2.75) is 0 Å². The highest BCUT2D eigenvalue weighted by atomic mass is 16.7. The lowest BCUT2D eigenvalue weighted by Crippen LogP contribution is -2.14. The smallest absolute Gasteiger partial charge is 0.449 e. The van der Waals surface area contributed by atoms with Crippen LogP contribution in [0.15, 0.2) is 47.3 Å². The van der Waals surface area contributed by atoms with E-state index < -0.39 is 11.7 Å². The molecular weight excluding hydrogens is 222 g/mol. The summed E-state index contributed by atoms with van der Waals surface area (Å²) in [5.41, 5.74) is 0.869. The highest BCUT2D eigenvalue weighted by Gasteiger charge is 2.07. The van der Waals surface area contributed by atoms with Gasteiger partial charge in [-0.3, -0.25) is 4.79 Å². The standard InChI is InChI=1S/C12H9NO4/c14-11-10(17-12(15)16)7-6-9(13-11)8-4-2-1-3-5-8/h1-7H,(H,13,14)(H,15,16). The number of carboxylic acid groups (broad SMARTS) is 1. The van der Waals surface area contributed by atoms with Crippen molar-refractivity contribution < 1.29 is 14.6 Å². The maximum atomic E-state index is 11.5. The molecule has 0 aliphatic rings. The van der Waals surface area contributed by atoms with Gasteiger partial charge >= 0.3 is 6.16 Å². The first kappa shape index (κ1) is 10.9. The Kier molecular flexibility index (Phi) is 2.91. The summed E-state index contributed by atoms with van der Waals surface area (Å²) in [5.74, 6) is -0.239. The summed E-state index contributed by atoms with van der Waals surface area (Å²) in [4.78, 5) is 24.4. The van der Waals surface area contributed by atoms with Crippen molar-refractivity contribution >= 4 is 6.16 Å². The maximum Gasteiger partial charge on any atom is 0.511 e. The summed E-state index contributed by atoms with van der Waals surface area (Å²) >= 11 is 0. The lowest BCUT2D eigenvalue weighted by molar-refractivity contribution is 0.144. The molecular formula is C12H9NO4. The Morgan fingerprint density at radius 2 is 1.82 bits per heavy atom. The van der Waals surface area contributed by atoms with Crippen LogP contribution in [0.4, 0.5) is 4.79 Å². The molecule has 0 saturated heterocycles. The normalized spacial score (nSPS) is 9.88. The highest BCUT2D eigenvalue weighted by molar-refractivity contribution is 5.62. The molecule has 0 aliphatic carbocycles.